The largest absolute Gasteiger partial charge is 0.481 e. The topological polar surface area (TPSA) is 64.3 Å². The van der Waals surface area contributed by atoms with Crippen molar-refractivity contribution in [1.82, 2.24) is 0 Å². The second-order valence-electron chi connectivity index (χ2n) is 5.52. The molecule has 1 saturated heterocycles. The first-order valence-corrected chi connectivity index (χ1v) is 6.45. The molecule has 4 heteroatoms. The molecule has 19 heavy (non-hydrogen) atoms. The van der Waals surface area contributed by atoms with Crippen LogP contribution < -0.4 is 4.90 Å². The van der Waals surface area contributed by atoms with Gasteiger partial charge in [0.1, 0.15) is 6.07 Å². The zero-order valence-electron chi connectivity index (χ0n) is 11.3. The molecule has 4 nitrogen and oxygen atoms in total. The molecule has 0 spiro atoms. The normalized spacial score (nSPS) is 22.9. The van der Waals surface area contributed by atoms with Gasteiger partial charge in [-0.3, -0.25) is 4.79 Å². The van der Waals surface area contributed by atoms with Gasteiger partial charge in [-0.15, -0.1) is 0 Å². The summed E-state index contributed by atoms with van der Waals surface area (Å²) in [6.07, 6.45) is 1.52. The monoisotopic (exact) mass is 258 g/mol. The molecular weight excluding hydrogens is 240 g/mol. The Morgan fingerprint density at radius 3 is 2.89 bits per heavy atom. The summed E-state index contributed by atoms with van der Waals surface area (Å²) >= 11 is 0. The van der Waals surface area contributed by atoms with Gasteiger partial charge in [0.15, 0.2) is 0 Å². The number of rotatable bonds is 2. The van der Waals surface area contributed by atoms with Gasteiger partial charge in [0, 0.05) is 13.1 Å². The van der Waals surface area contributed by atoms with Crippen LogP contribution in [0.15, 0.2) is 18.2 Å². The smallest absolute Gasteiger partial charge is 0.311 e. The number of hydrogen-bond acceptors (Lipinski definition) is 3. The molecule has 1 atom stereocenters. The fraction of sp³-hybridized carbons (Fsp3) is 0.467. The minimum absolute atomic E-state index is 0.459. The number of hydrogen-bond donors (Lipinski definition) is 1. The standard InChI is InChI=1S/C15H18N2O2/c1-11-4-5-12(9-16)13(8-11)17-7-3-6-15(2,10-17)14(18)19/h4-5,8H,3,6-7,10H2,1-2H3,(H,18,19). The molecule has 0 aliphatic carbocycles. The number of nitriles is 1. The van der Waals surface area contributed by atoms with Crippen molar-refractivity contribution in [2.45, 2.75) is 26.7 Å². The first kappa shape index (κ1) is 13.4. The van der Waals surface area contributed by atoms with E-state index in [4.69, 9.17) is 0 Å². The molecule has 1 aromatic carbocycles. The van der Waals surface area contributed by atoms with Crippen LogP contribution >= 0.6 is 0 Å². The first-order valence-electron chi connectivity index (χ1n) is 6.45. The summed E-state index contributed by atoms with van der Waals surface area (Å²) in [6.45, 7) is 5.02. The van der Waals surface area contributed by atoms with Crippen molar-refractivity contribution >= 4 is 11.7 Å². The minimum Gasteiger partial charge on any atom is -0.481 e. The van der Waals surface area contributed by atoms with Gasteiger partial charge in [-0.05, 0) is 44.4 Å². The summed E-state index contributed by atoms with van der Waals surface area (Å²) in [7, 11) is 0. The number of anilines is 1. The van der Waals surface area contributed by atoms with Crippen molar-refractivity contribution in [3.8, 4) is 6.07 Å². The van der Waals surface area contributed by atoms with Crippen LogP contribution in [0.2, 0.25) is 0 Å². The van der Waals surface area contributed by atoms with Crippen LogP contribution in [0, 0.1) is 23.7 Å². The van der Waals surface area contributed by atoms with Gasteiger partial charge >= 0.3 is 5.97 Å². The van der Waals surface area contributed by atoms with E-state index >= 15 is 0 Å². The Bertz CT molecular complexity index is 548. The Morgan fingerprint density at radius 2 is 2.26 bits per heavy atom. The second kappa shape index (κ2) is 4.93. The van der Waals surface area contributed by atoms with Crippen LogP contribution in [0.3, 0.4) is 0 Å². The number of aryl methyl sites for hydroxylation is 1. The number of benzene rings is 1. The Balaban J connectivity index is 2.35. The molecule has 0 bridgehead atoms. The van der Waals surface area contributed by atoms with E-state index in [0.29, 0.717) is 18.5 Å². The average molecular weight is 258 g/mol. The third-order valence-corrected chi connectivity index (χ3v) is 3.83. The zero-order chi connectivity index (χ0) is 14.0. The molecule has 1 aliphatic rings. The maximum absolute atomic E-state index is 11.4. The Hall–Kier alpha value is -2.02. The van der Waals surface area contributed by atoms with E-state index in [9.17, 15) is 15.2 Å². The molecule has 1 unspecified atom stereocenters. The summed E-state index contributed by atoms with van der Waals surface area (Å²) in [5.74, 6) is -0.761. The zero-order valence-corrected chi connectivity index (χ0v) is 11.3. The number of nitrogens with zero attached hydrogens (tertiary/aromatic N) is 2. The van der Waals surface area contributed by atoms with Crippen molar-refractivity contribution in [1.29, 1.82) is 5.26 Å². The summed E-state index contributed by atoms with van der Waals surface area (Å²) in [6, 6.07) is 7.86. The summed E-state index contributed by atoms with van der Waals surface area (Å²) in [4.78, 5) is 13.4. The van der Waals surface area contributed by atoms with Gasteiger partial charge in [-0.2, -0.15) is 5.26 Å². The third-order valence-electron chi connectivity index (χ3n) is 3.83. The molecule has 1 aromatic rings. The Labute approximate surface area is 113 Å². The fourth-order valence-corrected chi connectivity index (χ4v) is 2.62. The number of carboxylic acids is 1. The summed E-state index contributed by atoms with van der Waals surface area (Å²) in [5, 5.41) is 18.5. The molecule has 1 fully saturated rings. The molecule has 1 aliphatic heterocycles. The van der Waals surface area contributed by atoms with Crippen LogP contribution in [0.5, 0.6) is 0 Å². The van der Waals surface area contributed by atoms with E-state index in [-0.39, 0.29) is 0 Å². The SMILES string of the molecule is Cc1ccc(C#N)c(N2CCCC(C)(C(=O)O)C2)c1. The third kappa shape index (κ3) is 2.55. The molecule has 0 radical (unpaired) electrons. The number of aliphatic carboxylic acids is 1. The minimum atomic E-state index is -0.761. The van der Waals surface area contributed by atoms with E-state index in [1.807, 2.05) is 24.0 Å². The van der Waals surface area contributed by atoms with Gasteiger partial charge in [0.2, 0.25) is 0 Å². The number of carboxylic acid groups (broad SMARTS) is 1. The van der Waals surface area contributed by atoms with Crippen LogP contribution in [0.25, 0.3) is 0 Å². The lowest BCUT2D eigenvalue weighted by Gasteiger charge is -2.39. The Morgan fingerprint density at radius 1 is 1.53 bits per heavy atom. The van der Waals surface area contributed by atoms with Crippen LogP contribution in [0.4, 0.5) is 5.69 Å². The lowest BCUT2D eigenvalue weighted by molar-refractivity contribution is -0.148. The van der Waals surface area contributed by atoms with Crippen LogP contribution in [0.1, 0.15) is 30.9 Å². The highest BCUT2D eigenvalue weighted by Gasteiger charge is 2.38. The molecule has 0 saturated carbocycles. The molecule has 2 rings (SSSR count). The van der Waals surface area contributed by atoms with E-state index in [1.54, 1.807) is 13.0 Å². The average Bonchev–Trinajstić information content (AvgIpc) is 2.38. The highest BCUT2D eigenvalue weighted by Crippen LogP contribution is 2.34. The van der Waals surface area contributed by atoms with Crippen molar-refractivity contribution in [2.24, 2.45) is 5.41 Å². The van der Waals surface area contributed by atoms with E-state index in [2.05, 4.69) is 6.07 Å². The lowest BCUT2D eigenvalue weighted by Crippen LogP contribution is -2.46. The van der Waals surface area contributed by atoms with Gasteiger partial charge in [0.25, 0.3) is 0 Å². The van der Waals surface area contributed by atoms with Gasteiger partial charge in [-0.25, -0.2) is 0 Å². The van der Waals surface area contributed by atoms with Gasteiger partial charge in [-0.1, -0.05) is 6.07 Å². The summed E-state index contributed by atoms with van der Waals surface area (Å²) in [5.41, 5.74) is 1.82. The number of piperidine rings is 1. The van der Waals surface area contributed by atoms with Crippen molar-refractivity contribution in [2.75, 3.05) is 18.0 Å². The van der Waals surface area contributed by atoms with Crippen LogP contribution in [-0.4, -0.2) is 24.2 Å². The predicted octanol–water partition coefficient (Wildman–Crippen LogP) is 2.56. The maximum atomic E-state index is 11.4. The molecule has 0 aromatic heterocycles. The maximum Gasteiger partial charge on any atom is 0.311 e. The summed E-state index contributed by atoms with van der Waals surface area (Å²) < 4.78 is 0. The van der Waals surface area contributed by atoms with Gasteiger partial charge in [0.05, 0.1) is 16.7 Å². The second-order valence-corrected chi connectivity index (χ2v) is 5.52. The van der Waals surface area contributed by atoms with Crippen molar-refractivity contribution in [3.63, 3.8) is 0 Å². The predicted molar refractivity (Wildman–Crippen MR) is 73.1 cm³/mol. The van der Waals surface area contributed by atoms with Crippen LogP contribution in [-0.2, 0) is 4.79 Å². The van der Waals surface area contributed by atoms with E-state index in [0.717, 1.165) is 24.2 Å². The molecular formula is C15H18N2O2. The molecule has 1 heterocycles. The van der Waals surface area contributed by atoms with Crippen molar-refractivity contribution in [3.05, 3.63) is 29.3 Å². The molecule has 100 valence electrons. The van der Waals surface area contributed by atoms with E-state index in [1.165, 1.54) is 0 Å². The van der Waals surface area contributed by atoms with Crippen molar-refractivity contribution < 1.29 is 9.90 Å². The number of carbonyl (C=O) groups is 1. The lowest BCUT2D eigenvalue weighted by atomic mass is 9.81. The quantitative estimate of drug-likeness (QED) is 0.885. The molecule has 0 amide bonds. The van der Waals surface area contributed by atoms with E-state index < -0.39 is 11.4 Å². The highest BCUT2D eigenvalue weighted by atomic mass is 16.4. The fourth-order valence-electron chi connectivity index (χ4n) is 2.62. The highest BCUT2D eigenvalue weighted by molar-refractivity contribution is 5.76. The first-order chi connectivity index (χ1) is 8.96. The Kier molecular flexibility index (Phi) is 3.48. The molecule has 1 N–H and O–H groups in total. The van der Waals surface area contributed by atoms with Gasteiger partial charge < -0.3 is 10.0 Å².